The van der Waals surface area contributed by atoms with Crippen LogP contribution in [0.3, 0.4) is 0 Å². The third-order valence-electron chi connectivity index (χ3n) is 4.83. The molecule has 2 aliphatic rings. The van der Waals surface area contributed by atoms with Gasteiger partial charge in [-0.3, -0.25) is 0 Å². The van der Waals surface area contributed by atoms with Gasteiger partial charge in [0.15, 0.2) is 0 Å². The molecule has 2 fully saturated rings. The van der Waals surface area contributed by atoms with Gasteiger partial charge in [-0.2, -0.15) is 0 Å². The first-order valence-electron chi connectivity index (χ1n) is 8.63. The van der Waals surface area contributed by atoms with Crippen molar-refractivity contribution in [1.82, 2.24) is 9.97 Å². The molecule has 4 nitrogen and oxygen atoms in total. The molecule has 1 aromatic heterocycles. The zero-order valence-corrected chi connectivity index (χ0v) is 13.4. The van der Waals surface area contributed by atoms with Crippen molar-refractivity contribution in [2.75, 3.05) is 23.7 Å². The lowest BCUT2D eigenvalue weighted by Crippen LogP contribution is -2.18. The highest BCUT2D eigenvalue weighted by atomic mass is 15.1. The molecule has 2 saturated carbocycles. The molecular weight excluding hydrogens is 260 g/mol. The number of hydrogen-bond acceptors (Lipinski definition) is 4. The van der Waals surface area contributed by atoms with E-state index in [-0.39, 0.29) is 0 Å². The van der Waals surface area contributed by atoms with Crippen LogP contribution in [0.4, 0.5) is 11.6 Å². The topological polar surface area (TPSA) is 49.8 Å². The number of hydrogen-bond donors (Lipinski definition) is 2. The van der Waals surface area contributed by atoms with Gasteiger partial charge in [-0.15, -0.1) is 0 Å². The molecular formula is C17H28N4. The molecule has 0 aromatic carbocycles. The molecule has 21 heavy (non-hydrogen) atoms. The maximum absolute atomic E-state index is 4.73. The Balaban J connectivity index is 1.66. The van der Waals surface area contributed by atoms with Gasteiger partial charge in [-0.05, 0) is 37.5 Å². The van der Waals surface area contributed by atoms with E-state index in [1.807, 2.05) is 0 Å². The Hall–Kier alpha value is -1.32. The fourth-order valence-electron chi connectivity index (χ4n) is 3.19. The summed E-state index contributed by atoms with van der Waals surface area (Å²) in [6.07, 6.45) is 7.73. The molecule has 2 atom stereocenters. The van der Waals surface area contributed by atoms with Gasteiger partial charge in [-0.1, -0.05) is 26.7 Å². The van der Waals surface area contributed by atoms with Crippen LogP contribution in [-0.2, 0) is 0 Å². The molecule has 0 saturated heterocycles. The molecule has 4 heteroatoms. The number of nitrogens with zero attached hydrogens (tertiary/aromatic N) is 2. The van der Waals surface area contributed by atoms with Crippen LogP contribution < -0.4 is 10.6 Å². The largest absolute Gasteiger partial charge is 0.370 e. The Morgan fingerprint density at radius 1 is 1.10 bits per heavy atom. The van der Waals surface area contributed by atoms with Crippen LogP contribution in [0, 0.1) is 11.8 Å². The second-order valence-corrected chi connectivity index (χ2v) is 6.75. The van der Waals surface area contributed by atoms with E-state index >= 15 is 0 Å². The first kappa shape index (κ1) is 14.6. The molecule has 0 amide bonds. The van der Waals surface area contributed by atoms with Crippen LogP contribution in [0.15, 0.2) is 6.07 Å². The summed E-state index contributed by atoms with van der Waals surface area (Å²) < 4.78 is 0. The van der Waals surface area contributed by atoms with Crippen LogP contribution in [0.2, 0.25) is 0 Å². The second-order valence-electron chi connectivity index (χ2n) is 6.75. The fourth-order valence-corrected chi connectivity index (χ4v) is 3.19. The van der Waals surface area contributed by atoms with Crippen LogP contribution >= 0.6 is 0 Å². The molecule has 0 spiro atoms. The number of aromatic nitrogens is 2. The summed E-state index contributed by atoms with van der Waals surface area (Å²) in [5, 5.41) is 6.97. The highest BCUT2D eigenvalue weighted by Gasteiger charge is 2.28. The van der Waals surface area contributed by atoms with Gasteiger partial charge in [0.05, 0.1) is 0 Å². The quantitative estimate of drug-likeness (QED) is 0.795. The maximum atomic E-state index is 4.73. The van der Waals surface area contributed by atoms with Gasteiger partial charge in [0.2, 0.25) is 0 Å². The van der Waals surface area contributed by atoms with Crippen molar-refractivity contribution in [3.05, 3.63) is 11.9 Å². The lowest BCUT2D eigenvalue weighted by atomic mass is 9.98. The van der Waals surface area contributed by atoms with E-state index in [4.69, 9.17) is 4.98 Å². The third kappa shape index (κ3) is 3.86. The van der Waals surface area contributed by atoms with E-state index in [1.165, 1.54) is 32.1 Å². The Labute approximate surface area is 128 Å². The first-order chi connectivity index (χ1) is 10.3. The van der Waals surface area contributed by atoms with Crippen molar-refractivity contribution in [1.29, 1.82) is 0 Å². The SMILES string of the molecule is CCCNc1cc(NCC2CCCC2C)nc(C2CC2)n1. The molecule has 1 heterocycles. The highest BCUT2D eigenvalue weighted by molar-refractivity contribution is 5.48. The van der Waals surface area contributed by atoms with Crippen LogP contribution in [0.1, 0.15) is 64.1 Å². The molecule has 2 N–H and O–H groups in total. The van der Waals surface area contributed by atoms with Crippen molar-refractivity contribution < 1.29 is 0 Å². The van der Waals surface area contributed by atoms with Crippen molar-refractivity contribution in [3.8, 4) is 0 Å². The van der Waals surface area contributed by atoms with Crippen molar-refractivity contribution in [3.63, 3.8) is 0 Å². The fraction of sp³-hybridized carbons (Fsp3) is 0.765. The molecule has 2 unspecified atom stereocenters. The van der Waals surface area contributed by atoms with Crippen molar-refractivity contribution in [2.24, 2.45) is 11.8 Å². The van der Waals surface area contributed by atoms with E-state index in [9.17, 15) is 0 Å². The van der Waals surface area contributed by atoms with E-state index in [2.05, 4.69) is 35.5 Å². The van der Waals surface area contributed by atoms with E-state index in [0.29, 0.717) is 5.92 Å². The minimum Gasteiger partial charge on any atom is -0.370 e. The Bertz CT molecular complexity index is 470. The van der Waals surface area contributed by atoms with Gasteiger partial charge in [-0.25, -0.2) is 9.97 Å². The smallest absolute Gasteiger partial charge is 0.136 e. The van der Waals surface area contributed by atoms with E-state index < -0.39 is 0 Å². The van der Waals surface area contributed by atoms with Gasteiger partial charge in [0, 0.05) is 25.1 Å². The Morgan fingerprint density at radius 3 is 2.48 bits per heavy atom. The maximum Gasteiger partial charge on any atom is 0.136 e. The molecule has 0 aliphatic heterocycles. The summed E-state index contributed by atoms with van der Waals surface area (Å²) in [4.78, 5) is 9.39. The van der Waals surface area contributed by atoms with Crippen LogP contribution in [-0.4, -0.2) is 23.1 Å². The molecule has 1 aromatic rings. The Kier molecular flexibility index (Phi) is 4.61. The molecule has 2 aliphatic carbocycles. The predicted octanol–water partition coefficient (Wildman–Crippen LogP) is 4.02. The highest BCUT2D eigenvalue weighted by Crippen LogP contribution is 2.39. The average molecular weight is 288 g/mol. The monoisotopic (exact) mass is 288 g/mol. The minimum absolute atomic E-state index is 0.597. The first-order valence-corrected chi connectivity index (χ1v) is 8.63. The van der Waals surface area contributed by atoms with E-state index in [0.717, 1.165) is 48.8 Å². The number of nitrogens with one attached hydrogen (secondary N) is 2. The molecule has 0 bridgehead atoms. The number of anilines is 2. The van der Waals surface area contributed by atoms with Gasteiger partial charge < -0.3 is 10.6 Å². The lowest BCUT2D eigenvalue weighted by molar-refractivity contribution is 0.439. The lowest BCUT2D eigenvalue weighted by Gasteiger charge is -2.17. The van der Waals surface area contributed by atoms with E-state index in [1.54, 1.807) is 0 Å². The summed E-state index contributed by atoms with van der Waals surface area (Å²) >= 11 is 0. The zero-order valence-electron chi connectivity index (χ0n) is 13.4. The van der Waals surface area contributed by atoms with Crippen LogP contribution in [0.25, 0.3) is 0 Å². The van der Waals surface area contributed by atoms with Crippen molar-refractivity contribution >= 4 is 11.6 Å². The van der Waals surface area contributed by atoms with Gasteiger partial charge in [0.1, 0.15) is 17.5 Å². The third-order valence-corrected chi connectivity index (χ3v) is 4.83. The molecule has 0 radical (unpaired) electrons. The predicted molar refractivity (Wildman–Crippen MR) is 87.8 cm³/mol. The van der Waals surface area contributed by atoms with Gasteiger partial charge in [0.25, 0.3) is 0 Å². The summed E-state index contributed by atoms with van der Waals surface area (Å²) in [7, 11) is 0. The molecule has 116 valence electrons. The van der Waals surface area contributed by atoms with Crippen LogP contribution in [0.5, 0.6) is 0 Å². The summed E-state index contributed by atoms with van der Waals surface area (Å²) in [6, 6.07) is 2.07. The summed E-state index contributed by atoms with van der Waals surface area (Å²) in [6.45, 7) is 6.58. The number of rotatable bonds is 7. The van der Waals surface area contributed by atoms with Gasteiger partial charge >= 0.3 is 0 Å². The standard InChI is InChI=1S/C17H28N4/c1-3-9-18-15-10-16(21-17(20-15)13-7-8-13)19-11-14-6-4-5-12(14)2/h10,12-14H,3-9,11H2,1-2H3,(H2,18,19,20,21). The molecule has 3 rings (SSSR count). The Morgan fingerprint density at radius 2 is 1.86 bits per heavy atom. The van der Waals surface area contributed by atoms with Crippen molar-refractivity contribution in [2.45, 2.75) is 58.3 Å². The minimum atomic E-state index is 0.597. The zero-order chi connectivity index (χ0) is 14.7. The average Bonchev–Trinajstić information content (AvgIpc) is 3.26. The summed E-state index contributed by atoms with van der Waals surface area (Å²) in [5.41, 5.74) is 0. The second kappa shape index (κ2) is 6.63. The normalized spacial score (nSPS) is 25.0. The summed E-state index contributed by atoms with van der Waals surface area (Å²) in [5.74, 6) is 5.26.